The van der Waals surface area contributed by atoms with Gasteiger partial charge in [0.1, 0.15) is 5.82 Å². The minimum absolute atomic E-state index is 0.0625. The van der Waals surface area contributed by atoms with Gasteiger partial charge in [0, 0.05) is 18.5 Å². The van der Waals surface area contributed by atoms with Gasteiger partial charge in [-0.05, 0) is 31.9 Å². The van der Waals surface area contributed by atoms with E-state index in [0.29, 0.717) is 21.7 Å². The standard InChI is InChI=1S/C20H22N6O2S2/c1-3-18(28)25(14-9-10-14)19-22-23-20(30-19)29-12-17(27)21-16-11-13(2)24-26(16)15-7-5-4-6-8-15/h4-8,11,14H,3,9-10,12H2,1-2H3,(H,21,27). The molecule has 1 saturated carbocycles. The van der Waals surface area contributed by atoms with Crippen LogP contribution in [0.25, 0.3) is 5.69 Å². The van der Waals surface area contributed by atoms with Crippen molar-refractivity contribution in [1.29, 1.82) is 0 Å². The molecule has 4 rings (SSSR count). The van der Waals surface area contributed by atoms with Gasteiger partial charge >= 0.3 is 0 Å². The third-order valence-electron chi connectivity index (χ3n) is 4.51. The van der Waals surface area contributed by atoms with Crippen LogP contribution in [0.3, 0.4) is 0 Å². The fraction of sp³-hybridized carbons (Fsp3) is 0.350. The first-order valence-electron chi connectivity index (χ1n) is 9.75. The molecular weight excluding hydrogens is 420 g/mol. The Bertz CT molecular complexity index is 1040. The van der Waals surface area contributed by atoms with Crippen LogP contribution in [0, 0.1) is 6.92 Å². The van der Waals surface area contributed by atoms with Gasteiger partial charge in [0.15, 0.2) is 4.34 Å². The molecule has 0 saturated heterocycles. The number of benzene rings is 1. The lowest BCUT2D eigenvalue weighted by Crippen LogP contribution is -2.32. The topological polar surface area (TPSA) is 93.0 Å². The highest BCUT2D eigenvalue weighted by Gasteiger charge is 2.35. The summed E-state index contributed by atoms with van der Waals surface area (Å²) in [4.78, 5) is 26.5. The molecule has 0 radical (unpaired) electrons. The molecule has 1 N–H and O–H groups in total. The molecule has 2 heterocycles. The lowest BCUT2D eigenvalue weighted by atomic mass is 10.3. The molecule has 0 unspecified atom stereocenters. The van der Waals surface area contributed by atoms with Crippen LogP contribution in [0.1, 0.15) is 31.9 Å². The number of rotatable bonds is 8. The van der Waals surface area contributed by atoms with E-state index in [4.69, 9.17) is 0 Å². The van der Waals surface area contributed by atoms with Gasteiger partial charge in [0.2, 0.25) is 16.9 Å². The molecule has 0 bridgehead atoms. The van der Waals surface area contributed by atoms with Crippen molar-refractivity contribution >= 4 is 45.9 Å². The summed E-state index contributed by atoms with van der Waals surface area (Å²) < 4.78 is 2.38. The Morgan fingerprint density at radius 2 is 2.03 bits per heavy atom. The van der Waals surface area contributed by atoms with Gasteiger partial charge in [-0.2, -0.15) is 5.10 Å². The number of para-hydroxylation sites is 1. The molecule has 3 aromatic rings. The minimum atomic E-state index is -0.155. The minimum Gasteiger partial charge on any atom is -0.310 e. The van der Waals surface area contributed by atoms with E-state index >= 15 is 0 Å². The van der Waals surface area contributed by atoms with E-state index in [1.54, 1.807) is 9.58 Å². The zero-order valence-corrected chi connectivity index (χ0v) is 18.4. The summed E-state index contributed by atoms with van der Waals surface area (Å²) in [5.74, 6) is 0.722. The summed E-state index contributed by atoms with van der Waals surface area (Å²) >= 11 is 2.66. The van der Waals surface area contributed by atoms with Crippen molar-refractivity contribution in [3.05, 3.63) is 42.1 Å². The molecule has 0 atom stereocenters. The lowest BCUT2D eigenvalue weighted by Gasteiger charge is -2.17. The molecule has 2 amide bonds. The fourth-order valence-electron chi connectivity index (χ4n) is 2.99. The van der Waals surface area contributed by atoms with Crippen molar-refractivity contribution in [2.75, 3.05) is 16.0 Å². The van der Waals surface area contributed by atoms with E-state index in [0.717, 1.165) is 24.2 Å². The van der Waals surface area contributed by atoms with Crippen molar-refractivity contribution in [2.24, 2.45) is 0 Å². The Labute approximate surface area is 182 Å². The third kappa shape index (κ3) is 4.71. The SMILES string of the molecule is CCC(=O)N(c1nnc(SCC(=O)Nc2cc(C)nn2-c2ccccc2)s1)C1CC1. The second-order valence-corrected chi connectivity index (χ2v) is 9.13. The molecular formula is C20H22N6O2S2. The van der Waals surface area contributed by atoms with E-state index in [1.165, 1.54) is 23.1 Å². The largest absolute Gasteiger partial charge is 0.310 e. The van der Waals surface area contributed by atoms with Gasteiger partial charge in [-0.1, -0.05) is 48.2 Å². The smallest absolute Gasteiger partial charge is 0.235 e. The maximum atomic E-state index is 12.5. The number of amides is 2. The summed E-state index contributed by atoms with van der Waals surface area (Å²) in [6, 6.07) is 11.7. The van der Waals surface area contributed by atoms with Crippen molar-refractivity contribution in [3.8, 4) is 5.69 Å². The maximum Gasteiger partial charge on any atom is 0.235 e. The van der Waals surface area contributed by atoms with E-state index in [-0.39, 0.29) is 23.6 Å². The first-order chi connectivity index (χ1) is 14.5. The number of aryl methyl sites for hydroxylation is 1. The third-order valence-corrected chi connectivity index (χ3v) is 6.57. The zero-order chi connectivity index (χ0) is 21.1. The van der Waals surface area contributed by atoms with Crippen molar-refractivity contribution in [1.82, 2.24) is 20.0 Å². The quantitative estimate of drug-likeness (QED) is 0.423. The summed E-state index contributed by atoms with van der Waals surface area (Å²) in [6.45, 7) is 3.73. The number of thioether (sulfide) groups is 1. The maximum absolute atomic E-state index is 12.5. The van der Waals surface area contributed by atoms with Crippen LogP contribution in [0.15, 0.2) is 40.7 Å². The number of nitrogens with zero attached hydrogens (tertiary/aromatic N) is 5. The Kier molecular flexibility index (Phi) is 6.14. The van der Waals surface area contributed by atoms with E-state index in [2.05, 4.69) is 20.6 Å². The Morgan fingerprint density at radius 3 is 2.73 bits per heavy atom. The van der Waals surface area contributed by atoms with Gasteiger partial charge in [-0.3, -0.25) is 14.5 Å². The van der Waals surface area contributed by atoms with Crippen LogP contribution >= 0.6 is 23.1 Å². The predicted molar refractivity (Wildman–Crippen MR) is 118 cm³/mol. The van der Waals surface area contributed by atoms with Gasteiger partial charge < -0.3 is 5.32 Å². The molecule has 10 heteroatoms. The molecule has 156 valence electrons. The molecule has 1 aliphatic carbocycles. The average molecular weight is 443 g/mol. The predicted octanol–water partition coefficient (Wildman–Crippen LogP) is 3.67. The summed E-state index contributed by atoms with van der Waals surface area (Å²) in [7, 11) is 0. The van der Waals surface area contributed by atoms with Gasteiger partial charge in [0.25, 0.3) is 0 Å². The van der Waals surface area contributed by atoms with Crippen LogP contribution in [0.5, 0.6) is 0 Å². The number of anilines is 2. The first-order valence-corrected chi connectivity index (χ1v) is 11.6. The number of nitrogens with one attached hydrogen (secondary N) is 1. The molecule has 8 nitrogen and oxygen atoms in total. The average Bonchev–Trinajstić information content (AvgIpc) is 3.35. The number of aromatic nitrogens is 4. The molecule has 0 aliphatic heterocycles. The highest BCUT2D eigenvalue weighted by atomic mass is 32.2. The number of carbonyl (C=O) groups is 2. The molecule has 1 aromatic carbocycles. The van der Waals surface area contributed by atoms with Crippen molar-refractivity contribution in [3.63, 3.8) is 0 Å². The second kappa shape index (κ2) is 8.97. The van der Waals surface area contributed by atoms with Crippen molar-refractivity contribution in [2.45, 2.75) is 43.5 Å². The van der Waals surface area contributed by atoms with Crippen molar-refractivity contribution < 1.29 is 9.59 Å². The van der Waals surface area contributed by atoms with Gasteiger partial charge in [-0.25, -0.2) is 4.68 Å². The summed E-state index contributed by atoms with van der Waals surface area (Å²) in [6.07, 6.45) is 2.45. The molecule has 1 fully saturated rings. The first kappa shape index (κ1) is 20.5. The monoisotopic (exact) mass is 442 g/mol. The number of carbonyl (C=O) groups excluding carboxylic acids is 2. The van der Waals surface area contributed by atoms with E-state index in [1.807, 2.05) is 50.2 Å². The number of hydrogen-bond donors (Lipinski definition) is 1. The van der Waals surface area contributed by atoms with Crippen LogP contribution < -0.4 is 10.2 Å². The van der Waals surface area contributed by atoms with Crippen LogP contribution in [0.4, 0.5) is 10.9 Å². The Hall–Kier alpha value is -2.72. The molecule has 1 aliphatic rings. The molecule has 30 heavy (non-hydrogen) atoms. The number of hydrogen-bond acceptors (Lipinski definition) is 7. The van der Waals surface area contributed by atoms with Crippen LogP contribution in [0.2, 0.25) is 0 Å². The second-order valence-electron chi connectivity index (χ2n) is 6.95. The molecule has 0 spiro atoms. The van der Waals surface area contributed by atoms with Crippen LogP contribution in [-0.4, -0.2) is 43.6 Å². The normalized spacial score (nSPS) is 13.3. The molecule has 2 aromatic heterocycles. The lowest BCUT2D eigenvalue weighted by molar-refractivity contribution is -0.118. The zero-order valence-electron chi connectivity index (χ0n) is 16.7. The Morgan fingerprint density at radius 1 is 1.27 bits per heavy atom. The van der Waals surface area contributed by atoms with Gasteiger partial charge in [-0.15, -0.1) is 10.2 Å². The van der Waals surface area contributed by atoms with Gasteiger partial charge in [0.05, 0.1) is 17.1 Å². The van der Waals surface area contributed by atoms with E-state index in [9.17, 15) is 9.59 Å². The highest BCUT2D eigenvalue weighted by Crippen LogP contribution is 2.36. The highest BCUT2D eigenvalue weighted by molar-refractivity contribution is 8.01. The van der Waals surface area contributed by atoms with E-state index < -0.39 is 0 Å². The summed E-state index contributed by atoms with van der Waals surface area (Å²) in [5, 5.41) is 16.3. The van der Waals surface area contributed by atoms with Crippen LogP contribution in [-0.2, 0) is 9.59 Å². The summed E-state index contributed by atoms with van der Waals surface area (Å²) in [5.41, 5.74) is 1.69. The Balaban J connectivity index is 1.38. The fourth-order valence-corrected chi connectivity index (χ4v) is 4.72.